The number of fused-ring (bicyclic) bond motifs is 3. The van der Waals surface area contributed by atoms with Crippen molar-refractivity contribution in [2.75, 3.05) is 23.9 Å². The molecule has 0 radical (unpaired) electrons. The maximum absolute atomic E-state index is 4.50. The van der Waals surface area contributed by atoms with E-state index in [4.69, 9.17) is 0 Å². The van der Waals surface area contributed by atoms with Crippen molar-refractivity contribution in [2.45, 2.75) is 13.1 Å². The minimum atomic E-state index is 0.391. The van der Waals surface area contributed by atoms with Crippen LogP contribution in [0.1, 0.15) is 6.92 Å². The number of aromatic nitrogens is 1. The molecule has 0 bridgehead atoms. The van der Waals surface area contributed by atoms with E-state index in [-0.39, 0.29) is 0 Å². The molecule has 2 aromatic rings. The molecule has 3 nitrogen and oxygen atoms in total. The molecule has 2 heterocycles. The predicted molar refractivity (Wildman–Crippen MR) is 68.0 cm³/mol. The topological polar surface area (TPSA) is 19.4 Å². The summed E-state index contributed by atoms with van der Waals surface area (Å²) in [5, 5.41) is 1.20. The second kappa shape index (κ2) is 3.11. The first-order valence-corrected chi connectivity index (χ1v) is 5.53. The van der Waals surface area contributed by atoms with E-state index in [2.05, 4.69) is 54.0 Å². The molecule has 0 spiro atoms. The lowest BCUT2D eigenvalue weighted by Gasteiger charge is -2.23. The van der Waals surface area contributed by atoms with E-state index < -0.39 is 0 Å². The van der Waals surface area contributed by atoms with E-state index in [0.29, 0.717) is 6.17 Å². The molecule has 0 saturated heterocycles. The molecule has 3 heteroatoms. The standard InChI is InChI=1S/C13H15N3/c1-9-15(2)11-7-6-10-5-4-8-14-12(10)13(11)16(9)3/h4-9H,1-3H3. The van der Waals surface area contributed by atoms with Crippen LogP contribution in [-0.2, 0) is 0 Å². The van der Waals surface area contributed by atoms with E-state index in [9.17, 15) is 0 Å². The molecular formula is C13H15N3. The highest BCUT2D eigenvalue weighted by Gasteiger charge is 2.29. The molecule has 1 aromatic carbocycles. The molecule has 82 valence electrons. The lowest BCUT2D eigenvalue weighted by molar-refractivity contribution is 0.710. The number of hydrogen-bond donors (Lipinski definition) is 0. The zero-order valence-corrected chi connectivity index (χ0v) is 9.81. The highest BCUT2D eigenvalue weighted by molar-refractivity contribution is 6.00. The van der Waals surface area contributed by atoms with Crippen molar-refractivity contribution >= 4 is 22.3 Å². The van der Waals surface area contributed by atoms with Crippen LogP contribution >= 0.6 is 0 Å². The Labute approximate surface area is 95.3 Å². The Hall–Kier alpha value is -1.77. The van der Waals surface area contributed by atoms with Gasteiger partial charge in [-0.15, -0.1) is 0 Å². The number of anilines is 2. The molecule has 16 heavy (non-hydrogen) atoms. The second-order valence-electron chi connectivity index (χ2n) is 4.36. The van der Waals surface area contributed by atoms with Crippen molar-refractivity contribution in [3.63, 3.8) is 0 Å². The lowest BCUT2D eigenvalue weighted by Crippen LogP contribution is -2.35. The van der Waals surface area contributed by atoms with Crippen molar-refractivity contribution in [3.8, 4) is 0 Å². The van der Waals surface area contributed by atoms with Crippen molar-refractivity contribution in [2.24, 2.45) is 0 Å². The molecule has 1 aliphatic heterocycles. The summed E-state index contributed by atoms with van der Waals surface area (Å²) in [6.45, 7) is 2.20. The van der Waals surface area contributed by atoms with Crippen LogP contribution in [0.2, 0.25) is 0 Å². The fraction of sp³-hybridized carbons (Fsp3) is 0.308. The fourth-order valence-electron chi connectivity index (χ4n) is 2.40. The highest BCUT2D eigenvalue weighted by Crippen LogP contribution is 2.41. The molecule has 0 N–H and O–H groups in total. The summed E-state index contributed by atoms with van der Waals surface area (Å²) >= 11 is 0. The number of rotatable bonds is 0. The zero-order valence-electron chi connectivity index (χ0n) is 9.81. The Morgan fingerprint density at radius 2 is 1.94 bits per heavy atom. The van der Waals surface area contributed by atoms with Crippen LogP contribution in [0.5, 0.6) is 0 Å². The average Bonchev–Trinajstić information content (AvgIpc) is 2.55. The summed E-state index contributed by atoms with van der Waals surface area (Å²) in [6, 6.07) is 8.42. The van der Waals surface area contributed by atoms with Gasteiger partial charge in [0.1, 0.15) is 0 Å². The Bertz CT molecular complexity index is 550. The smallest absolute Gasteiger partial charge is 0.0983 e. The molecule has 1 unspecified atom stereocenters. The molecule has 0 fully saturated rings. The van der Waals surface area contributed by atoms with Gasteiger partial charge in [-0.2, -0.15) is 0 Å². The van der Waals surface area contributed by atoms with Gasteiger partial charge < -0.3 is 9.80 Å². The van der Waals surface area contributed by atoms with Crippen molar-refractivity contribution < 1.29 is 0 Å². The highest BCUT2D eigenvalue weighted by atomic mass is 15.4. The SMILES string of the molecule is CC1N(C)c2ccc3cccnc3c2N1C. The van der Waals surface area contributed by atoms with Crippen LogP contribution in [0.25, 0.3) is 10.9 Å². The third kappa shape index (κ3) is 1.06. The summed E-state index contributed by atoms with van der Waals surface area (Å²) in [7, 11) is 4.25. The van der Waals surface area contributed by atoms with E-state index >= 15 is 0 Å². The zero-order chi connectivity index (χ0) is 11.3. The third-order valence-corrected chi connectivity index (χ3v) is 3.58. The summed E-state index contributed by atoms with van der Waals surface area (Å²) in [6.07, 6.45) is 2.25. The molecule has 3 rings (SSSR count). The van der Waals surface area contributed by atoms with Crippen molar-refractivity contribution in [1.29, 1.82) is 0 Å². The summed E-state index contributed by atoms with van der Waals surface area (Å²) in [5.74, 6) is 0. The third-order valence-electron chi connectivity index (χ3n) is 3.58. The number of pyridine rings is 1. The van der Waals surface area contributed by atoms with Crippen LogP contribution in [0.15, 0.2) is 30.5 Å². The van der Waals surface area contributed by atoms with Gasteiger partial charge in [-0.1, -0.05) is 12.1 Å². The number of nitrogens with zero attached hydrogens (tertiary/aromatic N) is 3. The van der Waals surface area contributed by atoms with Gasteiger partial charge in [0.15, 0.2) is 0 Å². The molecular weight excluding hydrogens is 198 g/mol. The number of hydrogen-bond acceptors (Lipinski definition) is 3. The van der Waals surface area contributed by atoms with Gasteiger partial charge in [0.05, 0.1) is 23.1 Å². The summed E-state index contributed by atoms with van der Waals surface area (Å²) in [5.41, 5.74) is 3.60. The monoisotopic (exact) mass is 213 g/mol. The Kier molecular flexibility index (Phi) is 1.84. The lowest BCUT2D eigenvalue weighted by atomic mass is 10.1. The maximum Gasteiger partial charge on any atom is 0.0983 e. The summed E-state index contributed by atoms with van der Waals surface area (Å²) < 4.78 is 0. The molecule has 1 aliphatic rings. The van der Waals surface area contributed by atoms with Gasteiger partial charge in [-0.05, 0) is 19.1 Å². The van der Waals surface area contributed by atoms with E-state index in [1.807, 2.05) is 12.3 Å². The van der Waals surface area contributed by atoms with Crippen molar-refractivity contribution in [1.82, 2.24) is 4.98 Å². The van der Waals surface area contributed by atoms with Crippen LogP contribution < -0.4 is 9.80 Å². The Balaban J connectivity index is 2.36. The van der Waals surface area contributed by atoms with Gasteiger partial charge in [0, 0.05) is 25.7 Å². The van der Waals surface area contributed by atoms with Crippen LogP contribution in [-0.4, -0.2) is 25.2 Å². The minimum Gasteiger partial charge on any atom is -0.353 e. The van der Waals surface area contributed by atoms with E-state index in [1.165, 1.54) is 16.8 Å². The fourth-order valence-corrected chi connectivity index (χ4v) is 2.40. The predicted octanol–water partition coefficient (Wildman–Crippen LogP) is 2.47. The first kappa shape index (κ1) is 9.46. The number of benzene rings is 1. The molecule has 0 amide bonds. The van der Waals surface area contributed by atoms with E-state index in [1.54, 1.807) is 0 Å². The summed E-state index contributed by atoms with van der Waals surface area (Å²) in [4.78, 5) is 9.07. The Morgan fingerprint density at radius 3 is 2.75 bits per heavy atom. The Morgan fingerprint density at radius 1 is 1.12 bits per heavy atom. The second-order valence-corrected chi connectivity index (χ2v) is 4.36. The molecule has 0 saturated carbocycles. The first-order valence-electron chi connectivity index (χ1n) is 5.53. The maximum atomic E-state index is 4.50. The average molecular weight is 213 g/mol. The minimum absolute atomic E-state index is 0.391. The van der Waals surface area contributed by atoms with Gasteiger partial charge in [0.2, 0.25) is 0 Å². The van der Waals surface area contributed by atoms with Gasteiger partial charge in [-0.3, -0.25) is 4.98 Å². The van der Waals surface area contributed by atoms with Crippen molar-refractivity contribution in [3.05, 3.63) is 30.5 Å². The van der Waals surface area contributed by atoms with Crippen LogP contribution in [0.4, 0.5) is 11.4 Å². The normalized spacial score (nSPS) is 19.3. The quantitative estimate of drug-likeness (QED) is 0.670. The molecule has 1 atom stereocenters. The van der Waals surface area contributed by atoms with Gasteiger partial charge in [-0.25, -0.2) is 0 Å². The van der Waals surface area contributed by atoms with Crippen LogP contribution in [0.3, 0.4) is 0 Å². The first-order chi connectivity index (χ1) is 7.70. The van der Waals surface area contributed by atoms with Gasteiger partial charge in [0.25, 0.3) is 0 Å². The molecule has 0 aliphatic carbocycles. The van der Waals surface area contributed by atoms with Gasteiger partial charge >= 0.3 is 0 Å². The van der Waals surface area contributed by atoms with Crippen LogP contribution in [0, 0.1) is 0 Å². The molecule has 1 aromatic heterocycles. The van der Waals surface area contributed by atoms with E-state index in [0.717, 1.165) is 5.52 Å². The largest absolute Gasteiger partial charge is 0.353 e.